The average molecular weight is 477 g/mol. The number of nitrogens with one attached hydrogen (secondary N) is 2. The summed E-state index contributed by atoms with van der Waals surface area (Å²) in [6, 6.07) is 4.35. The number of aliphatic imine (C=N–C) groups is 1. The zero-order chi connectivity index (χ0) is 17.4. The van der Waals surface area contributed by atoms with Crippen molar-refractivity contribution in [3.63, 3.8) is 0 Å². The number of nitrogens with zero attached hydrogens (tertiary/aromatic N) is 1. The molecule has 4 nitrogen and oxygen atoms in total. The quantitative estimate of drug-likeness (QED) is 0.398. The van der Waals surface area contributed by atoms with Crippen molar-refractivity contribution < 1.29 is 13.5 Å². The van der Waals surface area contributed by atoms with E-state index in [1.807, 2.05) is 0 Å². The summed E-state index contributed by atoms with van der Waals surface area (Å²) in [7, 11) is 1.74. The van der Waals surface area contributed by atoms with Gasteiger partial charge in [0.25, 0.3) is 0 Å². The van der Waals surface area contributed by atoms with E-state index in [2.05, 4.69) is 15.6 Å². The fraction of sp³-hybridized carbons (Fsp3) is 0.632. The van der Waals surface area contributed by atoms with Gasteiger partial charge < -0.3 is 15.4 Å². The van der Waals surface area contributed by atoms with Crippen molar-refractivity contribution in [2.24, 2.45) is 16.3 Å². The summed E-state index contributed by atoms with van der Waals surface area (Å²) in [4.78, 5) is 4.32. The molecule has 1 aliphatic heterocycles. The lowest BCUT2D eigenvalue weighted by atomic mass is 9.54. The highest BCUT2D eigenvalue weighted by molar-refractivity contribution is 14.0. The van der Waals surface area contributed by atoms with Gasteiger partial charge in [0.15, 0.2) is 17.6 Å². The number of fused-ring (bicyclic) bond motifs is 2. The first-order valence-electron chi connectivity index (χ1n) is 9.17. The second kappa shape index (κ2) is 7.96. The Balaban J connectivity index is 0.00000196. The van der Waals surface area contributed by atoms with Gasteiger partial charge >= 0.3 is 0 Å². The Morgan fingerprint density at radius 1 is 1.27 bits per heavy atom. The second-order valence-electron chi connectivity index (χ2n) is 7.48. The van der Waals surface area contributed by atoms with Crippen LogP contribution in [0.1, 0.15) is 37.7 Å². The van der Waals surface area contributed by atoms with Crippen LogP contribution in [0.25, 0.3) is 0 Å². The molecule has 26 heavy (non-hydrogen) atoms. The molecule has 1 aromatic rings. The zero-order valence-corrected chi connectivity index (χ0v) is 17.3. The Kier molecular flexibility index (Phi) is 6.06. The molecule has 0 amide bonds. The molecular weight excluding hydrogens is 451 g/mol. The highest BCUT2D eigenvalue weighted by Gasteiger charge is 2.65. The Bertz CT molecular complexity index is 679. The Labute approximate surface area is 170 Å². The van der Waals surface area contributed by atoms with E-state index in [-0.39, 0.29) is 29.4 Å². The van der Waals surface area contributed by atoms with E-state index in [9.17, 15) is 8.78 Å². The summed E-state index contributed by atoms with van der Waals surface area (Å²) in [6.45, 7) is 1.26. The van der Waals surface area contributed by atoms with Gasteiger partial charge in [-0.15, -0.1) is 24.0 Å². The third-order valence-corrected chi connectivity index (χ3v) is 6.25. The Morgan fingerprint density at radius 2 is 2.04 bits per heavy atom. The molecule has 2 saturated carbocycles. The number of halogens is 3. The molecule has 1 aromatic carbocycles. The van der Waals surface area contributed by atoms with Crippen LogP contribution in [0.5, 0.6) is 0 Å². The number of ether oxygens (including phenoxy) is 1. The minimum Gasteiger partial charge on any atom is -0.377 e. The smallest absolute Gasteiger partial charge is 0.191 e. The van der Waals surface area contributed by atoms with E-state index in [1.54, 1.807) is 13.1 Å². The number of hydrogen-bond donors (Lipinski definition) is 2. The summed E-state index contributed by atoms with van der Waals surface area (Å²) in [5, 5.41) is 6.82. The van der Waals surface area contributed by atoms with Gasteiger partial charge in [-0.25, -0.2) is 8.78 Å². The van der Waals surface area contributed by atoms with Crippen LogP contribution in [-0.4, -0.2) is 31.8 Å². The van der Waals surface area contributed by atoms with Crippen molar-refractivity contribution in [1.29, 1.82) is 0 Å². The average Bonchev–Trinajstić information content (AvgIpc) is 3.26. The van der Waals surface area contributed by atoms with Gasteiger partial charge in [0.1, 0.15) is 0 Å². The van der Waals surface area contributed by atoms with Crippen molar-refractivity contribution in [1.82, 2.24) is 10.6 Å². The molecule has 0 radical (unpaired) electrons. The third-order valence-electron chi connectivity index (χ3n) is 6.25. The van der Waals surface area contributed by atoms with Gasteiger partial charge in [-0.05, 0) is 37.0 Å². The number of hydrogen-bond acceptors (Lipinski definition) is 2. The Morgan fingerprint density at radius 3 is 2.73 bits per heavy atom. The number of rotatable bonds is 3. The standard InChI is InChI=1S/C19H25F2N3O.HI/c1-22-18(23-11-12-4-5-14(20)15(21)10-12)24-16-13-6-9-25-17(13)19(16)7-2-3-8-19;/h4-5,10,13,16-17H,2-3,6-9,11H2,1H3,(H2,22,23,24);1H. The van der Waals surface area contributed by atoms with Gasteiger partial charge in [-0.2, -0.15) is 0 Å². The van der Waals surface area contributed by atoms with Crippen LogP contribution in [-0.2, 0) is 11.3 Å². The van der Waals surface area contributed by atoms with Crippen molar-refractivity contribution in [3.8, 4) is 0 Å². The lowest BCUT2D eigenvalue weighted by Gasteiger charge is -2.57. The van der Waals surface area contributed by atoms with Crippen LogP contribution in [0, 0.1) is 23.0 Å². The van der Waals surface area contributed by atoms with Gasteiger partial charge in [0, 0.05) is 37.6 Å². The molecule has 3 atom stereocenters. The van der Waals surface area contributed by atoms with E-state index >= 15 is 0 Å². The third kappa shape index (κ3) is 3.32. The van der Waals surface area contributed by atoms with Gasteiger partial charge in [-0.3, -0.25) is 4.99 Å². The minimum atomic E-state index is -0.823. The second-order valence-corrected chi connectivity index (χ2v) is 7.48. The first-order chi connectivity index (χ1) is 12.1. The van der Waals surface area contributed by atoms with Crippen LogP contribution in [0.3, 0.4) is 0 Å². The first kappa shape index (κ1) is 19.8. The van der Waals surface area contributed by atoms with Gasteiger partial charge in [-0.1, -0.05) is 18.9 Å². The number of benzene rings is 1. The number of guanidine groups is 1. The van der Waals surface area contributed by atoms with Gasteiger partial charge in [0.2, 0.25) is 0 Å². The molecule has 144 valence electrons. The monoisotopic (exact) mass is 477 g/mol. The largest absolute Gasteiger partial charge is 0.377 e. The van der Waals surface area contributed by atoms with Gasteiger partial charge in [0.05, 0.1) is 6.10 Å². The maximum atomic E-state index is 13.3. The predicted molar refractivity (Wildman–Crippen MR) is 108 cm³/mol. The summed E-state index contributed by atoms with van der Waals surface area (Å²) >= 11 is 0. The molecular formula is C19H26F2IN3O. The van der Waals surface area contributed by atoms with Crippen LogP contribution in [0.15, 0.2) is 23.2 Å². The summed E-state index contributed by atoms with van der Waals surface area (Å²) in [5.74, 6) is -0.375. The summed E-state index contributed by atoms with van der Waals surface area (Å²) < 4.78 is 32.4. The molecule has 4 rings (SSSR count). The highest BCUT2D eigenvalue weighted by atomic mass is 127. The van der Waals surface area contributed by atoms with E-state index in [4.69, 9.17) is 4.74 Å². The molecule has 7 heteroatoms. The normalized spacial score (nSPS) is 29.0. The molecule has 1 heterocycles. The lowest BCUT2D eigenvalue weighted by Crippen LogP contribution is -2.69. The maximum absolute atomic E-state index is 13.3. The molecule has 3 aliphatic rings. The summed E-state index contributed by atoms with van der Waals surface area (Å²) in [5.41, 5.74) is 0.939. The van der Waals surface area contributed by atoms with Crippen molar-refractivity contribution in [2.45, 2.75) is 50.8 Å². The van der Waals surface area contributed by atoms with E-state index in [0.717, 1.165) is 19.1 Å². The molecule has 2 N–H and O–H groups in total. The topological polar surface area (TPSA) is 45.7 Å². The lowest BCUT2D eigenvalue weighted by molar-refractivity contribution is -0.125. The predicted octanol–water partition coefficient (Wildman–Crippen LogP) is 3.60. The van der Waals surface area contributed by atoms with Crippen molar-refractivity contribution in [2.75, 3.05) is 13.7 Å². The van der Waals surface area contributed by atoms with E-state index < -0.39 is 11.6 Å². The summed E-state index contributed by atoms with van der Waals surface area (Å²) in [6.07, 6.45) is 6.47. The van der Waals surface area contributed by atoms with Crippen LogP contribution in [0.4, 0.5) is 8.78 Å². The molecule has 3 unspecified atom stereocenters. The van der Waals surface area contributed by atoms with Crippen LogP contribution in [0.2, 0.25) is 0 Å². The van der Waals surface area contributed by atoms with Crippen LogP contribution >= 0.6 is 24.0 Å². The molecule has 1 saturated heterocycles. The molecule has 0 aromatic heterocycles. The molecule has 2 aliphatic carbocycles. The SMILES string of the molecule is CN=C(NCc1ccc(F)c(F)c1)NC1C2CCOC2C12CCCC2.I. The first-order valence-corrected chi connectivity index (χ1v) is 9.17. The van der Waals surface area contributed by atoms with Crippen LogP contribution < -0.4 is 10.6 Å². The fourth-order valence-electron chi connectivity index (χ4n) is 5.08. The minimum absolute atomic E-state index is 0. The zero-order valence-electron chi connectivity index (χ0n) is 14.9. The Hall–Kier alpha value is -0.960. The molecule has 1 spiro atoms. The van der Waals surface area contributed by atoms with Crippen molar-refractivity contribution in [3.05, 3.63) is 35.4 Å². The molecule has 3 fully saturated rings. The maximum Gasteiger partial charge on any atom is 0.191 e. The van der Waals surface area contributed by atoms with E-state index in [1.165, 1.54) is 31.7 Å². The fourth-order valence-corrected chi connectivity index (χ4v) is 5.08. The van der Waals surface area contributed by atoms with E-state index in [0.29, 0.717) is 36.1 Å². The van der Waals surface area contributed by atoms with Crippen molar-refractivity contribution >= 4 is 29.9 Å². The molecule has 0 bridgehead atoms. The highest BCUT2D eigenvalue weighted by Crippen LogP contribution is 2.60.